The number of benzene rings is 2. The maximum absolute atomic E-state index is 12.4. The van der Waals surface area contributed by atoms with Crippen LogP contribution in [0.4, 0.5) is 11.4 Å². The van der Waals surface area contributed by atoms with Gasteiger partial charge in [-0.2, -0.15) is 0 Å². The minimum absolute atomic E-state index is 0.281. The largest absolute Gasteiger partial charge is 0.385 e. The molecular weight excluding hydrogens is 284 g/mol. The molecule has 2 aromatic carbocycles. The van der Waals surface area contributed by atoms with Gasteiger partial charge in [0.2, 0.25) is 0 Å². The van der Waals surface area contributed by atoms with Gasteiger partial charge in [0, 0.05) is 17.9 Å². The molecule has 0 saturated heterocycles. The van der Waals surface area contributed by atoms with Crippen LogP contribution in [-0.4, -0.2) is 15.0 Å². The third-order valence-electron chi connectivity index (χ3n) is 3.63. The molecular formula is C16H18N2O2S. The van der Waals surface area contributed by atoms with Crippen molar-refractivity contribution in [2.75, 3.05) is 16.6 Å². The molecule has 2 N–H and O–H groups in total. The second-order valence-corrected chi connectivity index (χ2v) is 7.00. The molecule has 3 rings (SSSR count). The molecule has 21 heavy (non-hydrogen) atoms. The van der Waals surface area contributed by atoms with Gasteiger partial charge in [-0.3, -0.25) is 4.72 Å². The Morgan fingerprint density at radius 2 is 1.86 bits per heavy atom. The van der Waals surface area contributed by atoms with Crippen molar-refractivity contribution in [3.05, 3.63) is 53.6 Å². The normalized spacial score (nSPS) is 14.1. The van der Waals surface area contributed by atoms with Crippen LogP contribution >= 0.6 is 0 Å². The third kappa shape index (κ3) is 3.03. The van der Waals surface area contributed by atoms with E-state index in [2.05, 4.69) is 10.0 Å². The van der Waals surface area contributed by atoms with Gasteiger partial charge in [0.1, 0.15) is 0 Å². The van der Waals surface area contributed by atoms with Gasteiger partial charge >= 0.3 is 0 Å². The zero-order chi connectivity index (χ0) is 14.9. The van der Waals surface area contributed by atoms with Gasteiger partial charge in [0.25, 0.3) is 10.0 Å². The molecule has 0 fully saturated rings. The second-order valence-electron chi connectivity index (χ2n) is 5.32. The SMILES string of the molecule is Cc1ccc(S(=O)(=O)Nc2ccc3c(c2)CCCN3)cc1. The molecule has 0 unspecified atom stereocenters. The van der Waals surface area contributed by atoms with Crippen molar-refractivity contribution in [2.24, 2.45) is 0 Å². The Kier molecular flexibility index (Phi) is 3.59. The first kappa shape index (κ1) is 13.9. The first-order valence-corrected chi connectivity index (χ1v) is 8.49. The Bertz CT molecular complexity index is 752. The fourth-order valence-corrected chi connectivity index (χ4v) is 3.52. The molecule has 1 aliphatic rings. The van der Waals surface area contributed by atoms with E-state index in [0.29, 0.717) is 5.69 Å². The highest BCUT2D eigenvalue weighted by Gasteiger charge is 2.15. The maximum Gasteiger partial charge on any atom is 0.261 e. The maximum atomic E-state index is 12.4. The number of hydrogen-bond donors (Lipinski definition) is 2. The number of aryl methyl sites for hydroxylation is 2. The van der Waals surface area contributed by atoms with Crippen molar-refractivity contribution < 1.29 is 8.42 Å². The molecule has 0 atom stereocenters. The van der Waals surface area contributed by atoms with Crippen LogP contribution in [0.3, 0.4) is 0 Å². The van der Waals surface area contributed by atoms with Crippen molar-refractivity contribution in [3.63, 3.8) is 0 Å². The molecule has 4 nitrogen and oxygen atoms in total. The Labute approximate surface area is 125 Å². The summed E-state index contributed by atoms with van der Waals surface area (Å²) in [5, 5.41) is 3.31. The average molecular weight is 302 g/mol. The number of sulfonamides is 1. The number of nitrogens with one attached hydrogen (secondary N) is 2. The zero-order valence-electron chi connectivity index (χ0n) is 11.9. The van der Waals surface area contributed by atoms with Gasteiger partial charge in [-0.15, -0.1) is 0 Å². The van der Waals surface area contributed by atoms with Crippen LogP contribution in [0.5, 0.6) is 0 Å². The Balaban J connectivity index is 1.87. The van der Waals surface area contributed by atoms with Crippen LogP contribution in [0.1, 0.15) is 17.5 Å². The van der Waals surface area contributed by atoms with Crippen molar-refractivity contribution in [1.82, 2.24) is 0 Å². The third-order valence-corrected chi connectivity index (χ3v) is 5.02. The van der Waals surface area contributed by atoms with E-state index in [9.17, 15) is 8.42 Å². The number of fused-ring (bicyclic) bond motifs is 1. The van der Waals surface area contributed by atoms with Gasteiger partial charge in [-0.05, 0) is 55.7 Å². The Morgan fingerprint density at radius 1 is 1.10 bits per heavy atom. The minimum Gasteiger partial charge on any atom is -0.385 e. The van der Waals surface area contributed by atoms with Crippen LogP contribution < -0.4 is 10.0 Å². The van der Waals surface area contributed by atoms with Gasteiger partial charge in [0.15, 0.2) is 0 Å². The fourth-order valence-electron chi connectivity index (χ4n) is 2.47. The molecule has 0 spiro atoms. The van der Waals surface area contributed by atoms with Crippen LogP contribution in [0.15, 0.2) is 47.4 Å². The van der Waals surface area contributed by atoms with Gasteiger partial charge in [-0.1, -0.05) is 17.7 Å². The number of rotatable bonds is 3. The topological polar surface area (TPSA) is 58.2 Å². The number of anilines is 2. The first-order valence-electron chi connectivity index (χ1n) is 7.01. The van der Waals surface area contributed by atoms with E-state index in [1.807, 2.05) is 19.1 Å². The lowest BCUT2D eigenvalue weighted by molar-refractivity contribution is 0.601. The monoisotopic (exact) mass is 302 g/mol. The lowest BCUT2D eigenvalue weighted by atomic mass is 10.0. The zero-order valence-corrected chi connectivity index (χ0v) is 12.7. The van der Waals surface area contributed by atoms with Gasteiger partial charge < -0.3 is 5.32 Å². The minimum atomic E-state index is -3.53. The molecule has 0 amide bonds. The molecule has 1 heterocycles. The summed E-state index contributed by atoms with van der Waals surface area (Å²) in [4.78, 5) is 0.281. The lowest BCUT2D eigenvalue weighted by Crippen LogP contribution is -2.15. The van der Waals surface area contributed by atoms with E-state index in [1.54, 1.807) is 30.3 Å². The fraction of sp³-hybridized carbons (Fsp3) is 0.250. The predicted octanol–water partition coefficient (Wildman–Crippen LogP) is 3.15. The van der Waals surface area contributed by atoms with Crippen LogP contribution in [0, 0.1) is 6.92 Å². The van der Waals surface area contributed by atoms with Crippen LogP contribution in [0.25, 0.3) is 0 Å². The lowest BCUT2D eigenvalue weighted by Gasteiger charge is -2.19. The summed E-state index contributed by atoms with van der Waals surface area (Å²) in [5.74, 6) is 0. The summed E-state index contributed by atoms with van der Waals surface area (Å²) in [5.41, 5.74) is 3.90. The van der Waals surface area contributed by atoms with Gasteiger partial charge in [0.05, 0.1) is 4.90 Å². The van der Waals surface area contributed by atoms with Crippen molar-refractivity contribution in [1.29, 1.82) is 0 Å². The molecule has 0 aliphatic carbocycles. The highest BCUT2D eigenvalue weighted by atomic mass is 32.2. The smallest absolute Gasteiger partial charge is 0.261 e. The van der Waals surface area contributed by atoms with E-state index in [1.165, 1.54) is 0 Å². The standard InChI is InChI=1S/C16H18N2O2S/c1-12-4-7-15(8-5-12)21(19,20)18-14-6-9-16-13(11-14)3-2-10-17-16/h4-9,11,17-18H,2-3,10H2,1H3. The summed E-state index contributed by atoms with van der Waals surface area (Å²) in [6.45, 7) is 2.90. The van der Waals surface area contributed by atoms with E-state index >= 15 is 0 Å². The van der Waals surface area contributed by atoms with Gasteiger partial charge in [-0.25, -0.2) is 8.42 Å². The first-order chi connectivity index (χ1) is 10.0. The second kappa shape index (κ2) is 5.41. The summed E-state index contributed by atoms with van der Waals surface area (Å²) in [7, 11) is -3.53. The predicted molar refractivity (Wildman–Crippen MR) is 85.2 cm³/mol. The molecule has 1 aliphatic heterocycles. The summed E-state index contributed by atoms with van der Waals surface area (Å²) in [6, 6.07) is 12.5. The summed E-state index contributed by atoms with van der Waals surface area (Å²) >= 11 is 0. The molecule has 0 bridgehead atoms. The molecule has 0 aromatic heterocycles. The number of hydrogen-bond acceptors (Lipinski definition) is 3. The highest BCUT2D eigenvalue weighted by Crippen LogP contribution is 2.26. The molecule has 0 saturated carbocycles. The van der Waals surface area contributed by atoms with E-state index in [0.717, 1.165) is 36.2 Å². The van der Waals surface area contributed by atoms with E-state index < -0.39 is 10.0 Å². The average Bonchev–Trinajstić information content (AvgIpc) is 2.47. The van der Waals surface area contributed by atoms with Crippen molar-refractivity contribution in [3.8, 4) is 0 Å². The summed E-state index contributed by atoms with van der Waals surface area (Å²) < 4.78 is 27.4. The van der Waals surface area contributed by atoms with Crippen LogP contribution in [0.2, 0.25) is 0 Å². The van der Waals surface area contributed by atoms with E-state index in [-0.39, 0.29) is 4.90 Å². The molecule has 110 valence electrons. The Morgan fingerprint density at radius 3 is 2.62 bits per heavy atom. The van der Waals surface area contributed by atoms with Crippen molar-refractivity contribution >= 4 is 21.4 Å². The van der Waals surface area contributed by atoms with Crippen molar-refractivity contribution in [2.45, 2.75) is 24.7 Å². The van der Waals surface area contributed by atoms with E-state index in [4.69, 9.17) is 0 Å². The quantitative estimate of drug-likeness (QED) is 0.915. The molecule has 0 radical (unpaired) electrons. The molecule has 5 heteroatoms. The van der Waals surface area contributed by atoms with Crippen LogP contribution in [-0.2, 0) is 16.4 Å². The Hall–Kier alpha value is -2.01. The highest BCUT2D eigenvalue weighted by molar-refractivity contribution is 7.92. The molecule has 2 aromatic rings. The summed E-state index contributed by atoms with van der Waals surface area (Å²) in [6.07, 6.45) is 2.05.